The average molecular weight is 1230 g/mol. The number of nitrogens with zero attached hydrogens (tertiary/aromatic N) is 11. The Balaban J connectivity index is 0.000000487. The molecule has 2 bridgehead atoms. The quantitative estimate of drug-likeness (QED) is 0.0366. The van der Waals surface area contributed by atoms with E-state index < -0.39 is 35.9 Å². The van der Waals surface area contributed by atoms with Crippen molar-refractivity contribution in [2.24, 2.45) is 0 Å². The summed E-state index contributed by atoms with van der Waals surface area (Å²) in [5.41, 5.74) is 5.10. The topological polar surface area (TPSA) is 272 Å². The molecule has 3 atom stereocenters. The zero-order chi connectivity index (χ0) is 65.2. The molecular weight excluding hydrogens is 1140 g/mol. The first-order valence-electron chi connectivity index (χ1n) is 27.9. The molecule has 0 radical (unpaired) electrons. The van der Waals surface area contributed by atoms with Crippen molar-refractivity contribution in [1.29, 1.82) is 0 Å². The fourth-order valence-corrected chi connectivity index (χ4v) is 9.58. The monoisotopic (exact) mass is 1230 g/mol. The van der Waals surface area contributed by atoms with Crippen LogP contribution >= 0.6 is 0 Å². The third-order valence-electron chi connectivity index (χ3n) is 13.2. The first-order valence-corrected chi connectivity index (χ1v) is 27.9. The van der Waals surface area contributed by atoms with Crippen molar-refractivity contribution in [2.45, 2.75) is 39.7 Å². The van der Waals surface area contributed by atoms with Crippen molar-refractivity contribution in [2.75, 3.05) is 209 Å². The predicted molar refractivity (Wildman–Crippen MR) is 318 cm³/mol. The molecule has 0 amide bonds. The molecular formula is C58H95N11O18. The molecule has 0 spiro atoms. The van der Waals surface area contributed by atoms with E-state index >= 15 is 0 Å². The first kappa shape index (κ1) is 76.3. The Labute approximate surface area is 512 Å². The molecule has 29 heteroatoms. The van der Waals surface area contributed by atoms with Gasteiger partial charge in [-0.05, 0) is 44.7 Å². The molecule has 1 aromatic rings. The Bertz CT molecular complexity index is 2340. The maximum Gasteiger partial charge on any atom is 0.319 e. The highest BCUT2D eigenvalue weighted by molar-refractivity contribution is 5.76. The number of hydrogen-bond acceptors (Lipinski definition) is 29. The highest BCUT2D eigenvalue weighted by Gasteiger charge is 2.33. The summed E-state index contributed by atoms with van der Waals surface area (Å²) in [7, 11) is 11.6. The SMILES string of the molecule is C=C(C)CN(CC(=O)OC)CN1CN(CC(=O)OC)CN(CC(=O)OC)C1.C=C(C)CN1CN2CN(CC(=O)OC)CN(C1)C2.C=C(C)Cc1ccc(CC(CN(CC(=O)OC)CN(CC(=O)OC)CC(=O)OC)N(CC(=O)OC)CC(=O)OC)cc1. The molecule has 29 nitrogen and oxygen atoms in total. The predicted octanol–water partition coefficient (Wildman–Crippen LogP) is -0.664. The minimum atomic E-state index is -0.596. The van der Waals surface area contributed by atoms with Gasteiger partial charge in [0.1, 0.15) is 0 Å². The Morgan fingerprint density at radius 3 is 1.11 bits per heavy atom. The molecule has 1 aromatic carbocycles. The van der Waals surface area contributed by atoms with Crippen LogP contribution in [0.3, 0.4) is 0 Å². The van der Waals surface area contributed by atoms with E-state index in [9.17, 15) is 43.2 Å². The van der Waals surface area contributed by atoms with Gasteiger partial charge in [0, 0.05) is 25.7 Å². The molecule has 0 saturated carbocycles. The van der Waals surface area contributed by atoms with Crippen LogP contribution in [0.2, 0.25) is 0 Å². The normalized spacial score (nSPS) is 16.6. The maximum absolute atomic E-state index is 12.4. The number of methoxy groups -OCH3 is 9. The van der Waals surface area contributed by atoms with E-state index in [2.05, 4.69) is 46.3 Å². The zero-order valence-corrected chi connectivity index (χ0v) is 53.2. The first-order chi connectivity index (χ1) is 41.3. The van der Waals surface area contributed by atoms with Crippen molar-refractivity contribution in [3.8, 4) is 0 Å². The molecule has 490 valence electrons. The second-order valence-electron chi connectivity index (χ2n) is 21.5. The lowest BCUT2D eigenvalue weighted by Gasteiger charge is -2.49. The minimum absolute atomic E-state index is 0.0440. The lowest BCUT2D eigenvalue weighted by molar-refractivity contribution is -0.152. The Morgan fingerprint density at radius 1 is 0.391 bits per heavy atom. The number of allylic oxidation sites excluding steroid dienone is 1. The van der Waals surface area contributed by atoms with Crippen LogP contribution in [0, 0.1) is 0 Å². The fourth-order valence-electron chi connectivity index (χ4n) is 9.58. The van der Waals surface area contributed by atoms with E-state index in [0.29, 0.717) is 46.2 Å². The second-order valence-corrected chi connectivity index (χ2v) is 21.5. The molecule has 3 heterocycles. The van der Waals surface area contributed by atoms with Gasteiger partial charge >= 0.3 is 53.7 Å². The Kier molecular flexibility index (Phi) is 36.3. The van der Waals surface area contributed by atoms with Gasteiger partial charge in [-0.3, -0.25) is 97.0 Å². The van der Waals surface area contributed by atoms with Gasteiger partial charge in [-0.1, -0.05) is 60.7 Å². The van der Waals surface area contributed by atoms with Crippen molar-refractivity contribution in [1.82, 2.24) is 53.9 Å². The summed E-state index contributed by atoms with van der Waals surface area (Å²) in [6.07, 6.45) is 1.09. The van der Waals surface area contributed by atoms with E-state index in [4.69, 9.17) is 42.6 Å². The van der Waals surface area contributed by atoms with Gasteiger partial charge in [0.15, 0.2) is 0 Å². The van der Waals surface area contributed by atoms with Crippen LogP contribution in [-0.2, 0) is 98.6 Å². The highest BCUT2D eigenvalue weighted by Crippen LogP contribution is 2.18. The van der Waals surface area contributed by atoms with Crippen LogP contribution < -0.4 is 0 Å². The largest absolute Gasteiger partial charge is 0.468 e. The van der Waals surface area contributed by atoms with Gasteiger partial charge in [0.05, 0.1) is 190 Å². The van der Waals surface area contributed by atoms with Crippen LogP contribution in [0.5, 0.6) is 0 Å². The molecule has 0 N–H and O–H groups in total. The van der Waals surface area contributed by atoms with Gasteiger partial charge in [-0.25, -0.2) is 0 Å². The number of carbonyl (C=O) groups is 9. The summed E-state index contributed by atoms with van der Waals surface area (Å²) in [4.78, 5) is 129. The van der Waals surface area contributed by atoms with Crippen LogP contribution in [0.15, 0.2) is 60.7 Å². The Hall–Kier alpha value is -6.77. The van der Waals surface area contributed by atoms with Gasteiger partial charge in [-0.15, -0.1) is 0 Å². The van der Waals surface area contributed by atoms with Gasteiger partial charge < -0.3 is 42.6 Å². The molecule has 4 rings (SSSR count). The van der Waals surface area contributed by atoms with Crippen molar-refractivity contribution >= 4 is 53.7 Å². The smallest absolute Gasteiger partial charge is 0.319 e. The summed E-state index contributed by atoms with van der Waals surface area (Å²) < 4.78 is 43.1. The molecule has 87 heavy (non-hydrogen) atoms. The summed E-state index contributed by atoms with van der Waals surface area (Å²) in [6, 6.07) is 7.33. The minimum Gasteiger partial charge on any atom is -0.468 e. The summed E-state index contributed by atoms with van der Waals surface area (Å²) in [5.74, 6) is -4.13. The van der Waals surface area contributed by atoms with E-state index in [1.807, 2.05) is 57.7 Å². The molecule has 3 saturated heterocycles. The molecule has 3 fully saturated rings. The lowest BCUT2D eigenvalue weighted by Crippen LogP contribution is -2.64. The van der Waals surface area contributed by atoms with Crippen LogP contribution in [0.4, 0.5) is 0 Å². The number of carbonyl (C=O) groups excluding carboxylic acids is 9. The van der Waals surface area contributed by atoms with Crippen LogP contribution in [0.1, 0.15) is 31.9 Å². The highest BCUT2D eigenvalue weighted by atomic mass is 16.6. The average Bonchev–Trinajstić information content (AvgIpc) is 2.19. The van der Waals surface area contributed by atoms with E-state index in [1.165, 1.54) is 74.5 Å². The van der Waals surface area contributed by atoms with Crippen molar-refractivity contribution < 1.29 is 85.8 Å². The third-order valence-corrected chi connectivity index (χ3v) is 13.2. The molecule has 3 aliphatic rings. The molecule has 0 aromatic heterocycles. The molecule has 3 unspecified atom stereocenters. The van der Waals surface area contributed by atoms with Crippen molar-refractivity contribution in [3.63, 3.8) is 0 Å². The van der Waals surface area contributed by atoms with Gasteiger partial charge in [-0.2, -0.15) is 0 Å². The van der Waals surface area contributed by atoms with Gasteiger partial charge in [0.25, 0.3) is 0 Å². The standard InChI is InChI=1S/C29H43N3O10.C17H30N4O6.C12H22N4O2/c1-21(2)12-22-8-10-23(11-9-22)13-24(32(18-28(36)41-6)19-29(37)42-7)14-30(15-25(33)38-3)20-31(16-26(34)39-4)17-27(35)40-5;1-14(2)6-18(7-15(22)25-3)10-21-12-19(8-16(23)26-4)11-20(13-21)9-17(24)27-5;1-11(2)4-13-6-15-8-14(5-12(17)18-3)9-16(7-13)10-15/h8-11,24H,1,12-20H2,2-7H3;1,6-13H2,2-5H3;1,4-10H2,2-3H3. The number of hydrogen-bond donors (Lipinski definition) is 0. The third kappa shape index (κ3) is 32.2. The number of ether oxygens (including phenoxy) is 9. The molecule has 3 aliphatic heterocycles. The van der Waals surface area contributed by atoms with Crippen LogP contribution in [-0.4, -0.2) is 323 Å². The summed E-state index contributed by atoms with van der Waals surface area (Å²) in [6.45, 7) is 25.0. The number of benzene rings is 1. The van der Waals surface area contributed by atoms with E-state index in [0.717, 1.165) is 68.6 Å². The molecule has 0 aliphatic carbocycles. The number of rotatable bonds is 33. The maximum atomic E-state index is 12.4. The summed E-state index contributed by atoms with van der Waals surface area (Å²) >= 11 is 0. The number of fused-ring (bicyclic) bond motifs is 2. The summed E-state index contributed by atoms with van der Waals surface area (Å²) in [5, 5.41) is 0. The van der Waals surface area contributed by atoms with E-state index in [-0.39, 0.29) is 89.4 Å². The van der Waals surface area contributed by atoms with Crippen molar-refractivity contribution in [3.05, 3.63) is 71.8 Å². The lowest BCUT2D eigenvalue weighted by atomic mass is 10.00. The number of esters is 9. The zero-order valence-electron chi connectivity index (χ0n) is 53.2. The van der Waals surface area contributed by atoms with Crippen LogP contribution in [0.25, 0.3) is 0 Å². The van der Waals surface area contributed by atoms with Gasteiger partial charge in [0.2, 0.25) is 0 Å². The van der Waals surface area contributed by atoms with E-state index in [1.54, 1.807) is 9.80 Å². The fraction of sp³-hybridized carbons (Fsp3) is 0.638. The second kappa shape index (κ2) is 41.4. The Morgan fingerprint density at radius 2 is 0.736 bits per heavy atom.